The molecule has 106 valence electrons. The van der Waals surface area contributed by atoms with Crippen molar-refractivity contribution in [1.82, 2.24) is 4.90 Å². The van der Waals surface area contributed by atoms with E-state index in [2.05, 4.69) is 46.4 Å². The van der Waals surface area contributed by atoms with E-state index in [4.69, 9.17) is 0 Å². The average Bonchev–Trinajstić information content (AvgIpc) is 2.41. The fourth-order valence-corrected chi connectivity index (χ4v) is 3.41. The topological polar surface area (TPSA) is 3.24 Å². The van der Waals surface area contributed by atoms with Gasteiger partial charge in [0.2, 0.25) is 0 Å². The van der Waals surface area contributed by atoms with Crippen LogP contribution in [0.5, 0.6) is 0 Å². The largest absolute Gasteiger partial charge is 0.296 e. The first kappa shape index (κ1) is 14.6. The second-order valence-corrected chi connectivity index (χ2v) is 6.42. The lowest BCUT2D eigenvalue weighted by atomic mass is 9.89. The molecule has 1 nitrogen and oxygen atoms in total. The summed E-state index contributed by atoms with van der Waals surface area (Å²) in [4.78, 5) is 2.67. The molecule has 0 unspecified atom stereocenters. The van der Waals surface area contributed by atoms with Gasteiger partial charge < -0.3 is 0 Å². The van der Waals surface area contributed by atoms with E-state index < -0.39 is 0 Å². The number of hydrogen-bond acceptors (Lipinski definition) is 1. The first-order valence-electron chi connectivity index (χ1n) is 7.73. The Labute approximate surface area is 119 Å². The fourth-order valence-electron chi connectivity index (χ4n) is 3.41. The van der Waals surface area contributed by atoms with E-state index in [9.17, 15) is 0 Å². The van der Waals surface area contributed by atoms with Crippen molar-refractivity contribution in [3.63, 3.8) is 0 Å². The first-order chi connectivity index (χ1) is 8.93. The lowest BCUT2D eigenvalue weighted by molar-refractivity contribution is 0.152. The lowest BCUT2D eigenvalue weighted by Crippen LogP contribution is -2.37. The molecular weight excluding hydrogens is 230 g/mol. The Morgan fingerprint density at radius 2 is 1.37 bits per heavy atom. The van der Waals surface area contributed by atoms with Crippen LogP contribution in [0.25, 0.3) is 0 Å². The molecule has 1 fully saturated rings. The summed E-state index contributed by atoms with van der Waals surface area (Å²) >= 11 is 0. The minimum absolute atomic E-state index is 0.745. The number of nitrogens with zero attached hydrogens (tertiary/aromatic N) is 1. The monoisotopic (exact) mass is 259 g/mol. The summed E-state index contributed by atoms with van der Waals surface area (Å²) in [6, 6.07) is 0.745. The third-order valence-corrected chi connectivity index (χ3v) is 5.46. The standard InChI is InChI=1S/C18H29N/c1-12-9-7-8-10-19(12)11-18-16(5)14(3)13(2)15(4)17(18)6/h12H,7-11H2,1-6H3/t12-/m0/s1. The molecule has 1 aliphatic heterocycles. The minimum Gasteiger partial charge on any atom is -0.296 e. The lowest BCUT2D eigenvalue weighted by Gasteiger charge is -2.34. The molecule has 0 radical (unpaired) electrons. The molecule has 0 bridgehead atoms. The van der Waals surface area contributed by atoms with Crippen molar-refractivity contribution in [3.8, 4) is 0 Å². The first-order valence-corrected chi connectivity index (χ1v) is 7.73. The van der Waals surface area contributed by atoms with Gasteiger partial charge in [-0.3, -0.25) is 4.90 Å². The molecule has 1 aromatic rings. The Bertz CT molecular complexity index is 444. The molecule has 0 N–H and O–H groups in total. The summed E-state index contributed by atoms with van der Waals surface area (Å²) < 4.78 is 0. The van der Waals surface area contributed by atoms with Crippen molar-refractivity contribution in [2.45, 2.75) is 73.4 Å². The van der Waals surface area contributed by atoms with E-state index >= 15 is 0 Å². The number of rotatable bonds is 2. The van der Waals surface area contributed by atoms with E-state index in [1.165, 1.54) is 53.6 Å². The smallest absolute Gasteiger partial charge is 0.0242 e. The second kappa shape index (κ2) is 5.66. The summed E-state index contributed by atoms with van der Waals surface area (Å²) in [7, 11) is 0. The summed E-state index contributed by atoms with van der Waals surface area (Å²) in [5.41, 5.74) is 9.06. The molecule has 2 rings (SSSR count). The van der Waals surface area contributed by atoms with Gasteiger partial charge in [0.1, 0.15) is 0 Å². The summed E-state index contributed by atoms with van der Waals surface area (Å²) in [6.45, 7) is 16.2. The molecule has 1 heterocycles. The number of piperidine rings is 1. The molecule has 0 aromatic heterocycles. The molecule has 1 atom stereocenters. The molecule has 0 saturated carbocycles. The van der Waals surface area contributed by atoms with Crippen molar-refractivity contribution in [1.29, 1.82) is 0 Å². The Morgan fingerprint density at radius 3 is 1.89 bits per heavy atom. The van der Waals surface area contributed by atoms with Gasteiger partial charge in [0, 0.05) is 12.6 Å². The zero-order valence-corrected chi connectivity index (χ0v) is 13.6. The van der Waals surface area contributed by atoms with Crippen LogP contribution >= 0.6 is 0 Å². The molecule has 0 amide bonds. The van der Waals surface area contributed by atoms with Crippen LogP contribution < -0.4 is 0 Å². The molecule has 0 spiro atoms. The van der Waals surface area contributed by atoms with Crippen LogP contribution in [0.3, 0.4) is 0 Å². The Balaban J connectivity index is 2.34. The van der Waals surface area contributed by atoms with Crippen molar-refractivity contribution < 1.29 is 0 Å². The number of benzene rings is 1. The average molecular weight is 259 g/mol. The Morgan fingerprint density at radius 1 is 0.842 bits per heavy atom. The predicted molar refractivity (Wildman–Crippen MR) is 83.9 cm³/mol. The van der Waals surface area contributed by atoms with E-state index in [1.54, 1.807) is 5.56 Å². The van der Waals surface area contributed by atoms with Gasteiger partial charge in [-0.25, -0.2) is 0 Å². The van der Waals surface area contributed by atoms with E-state index in [0.29, 0.717) is 0 Å². The van der Waals surface area contributed by atoms with Gasteiger partial charge in [0.05, 0.1) is 0 Å². The van der Waals surface area contributed by atoms with Crippen molar-refractivity contribution in [2.24, 2.45) is 0 Å². The van der Waals surface area contributed by atoms with E-state index in [0.717, 1.165) is 12.6 Å². The molecule has 1 aromatic carbocycles. The highest BCUT2D eigenvalue weighted by molar-refractivity contribution is 5.49. The van der Waals surface area contributed by atoms with Crippen LogP contribution in [-0.4, -0.2) is 17.5 Å². The molecule has 1 heteroatoms. The van der Waals surface area contributed by atoms with Gasteiger partial charge in [-0.2, -0.15) is 0 Å². The van der Waals surface area contributed by atoms with Crippen molar-refractivity contribution in [2.75, 3.05) is 6.54 Å². The van der Waals surface area contributed by atoms with Crippen LogP contribution in [0.2, 0.25) is 0 Å². The van der Waals surface area contributed by atoms with Gasteiger partial charge >= 0.3 is 0 Å². The predicted octanol–water partition coefficient (Wildman–Crippen LogP) is 4.60. The van der Waals surface area contributed by atoms with Gasteiger partial charge in [-0.05, 0) is 94.3 Å². The van der Waals surface area contributed by atoms with Crippen molar-refractivity contribution in [3.05, 3.63) is 33.4 Å². The SMILES string of the molecule is Cc1c(C)c(C)c(CN2CCCC[C@@H]2C)c(C)c1C. The number of likely N-dealkylation sites (tertiary alicyclic amines) is 1. The van der Waals surface area contributed by atoms with Crippen LogP contribution in [0, 0.1) is 34.6 Å². The highest BCUT2D eigenvalue weighted by atomic mass is 15.2. The summed E-state index contributed by atoms with van der Waals surface area (Å²) in [5, 5.41) is 0. The van der Waals surface area contributed by atoms with Gasteiger partial charge in [-0.1, -0.05) is 6.42 Å². The van der Waals surface area contributed by atoms with Gasteiger partial charge in [0.15, 0.2) is 0 Å². The second-order valence-electron chi connectivity index (χ2n) is 6.42. The van der Waals surface area contributed by atoms with Crippen LogP contribution in [-0.2, 0) is 6.54 Å². The molecule has 0 aliphatic carbocycles. The zero-order chi connectivity index (χ0) is 14.2. The van der Waals surface area contributed by atoms with Gasteiger partial charge in [0.25, 0.3) is 0 Å². The Kier molecular flexibility index (Phi) is 4.35. The van der Waals surface area contributed by atoms with E-state index in [1.807, 2.05) is 0 Å². The third kappa shape index (κ3) is 2.72. The van der Waals surface area contributed by atoms with Crippen LogP contribution in [0.15, 0.2) is 0 Å². The highest BCUT2D eigenvalue weighted by Gasteiger charge is 2.21. The maximum atomic E-state index is 2.67. The summed E-state index contributed by atoms with van der Waals surface area (Å²) in [5.74, 6) is 0. The highest BCUT2D eigenvalue weighted by Crippen LogP contribution is 2.28. The maximum Gasteiger partial charge on any atom is 0.0242 e. The molecule has 1 saturated heterocycles. The Hall–Kier alpha value is -0.820. The third-order valence-electron chi connectivity index (χ3n) is 5.46. The summed E-state index contributed by atoms with van der Waals surface area (Å²) in [6.07, 6.45) is 4.13. The normalized spacial score (nSPS) is 20.8. The minimum atomic E-state index is 0.745. The molecule has 1 aliphatic rings. The molecular formula is C18H29N. The zero-order valence-electron chi connectivity index (χ0n) is 13.6. The number of hydrogen-bond donors (Lipinski definition) is 0. The fraction of sp³-hybridized carbons (Fsp3) is 0.667. The molecule has 19 heavy (non-hydrogen) atoms. The van der Waals surface area contributed by atoms with Gasteiger partial charge in [-0.15, -0.1) is 0 Å². The van der Waals surface area contributed by atoms with Crippen LogP contribution in [0.4, 0.5) is 0 Å². The van der Waals surface area contributed by atoms with E-state index in [-0.39, 0.29) is 0 Å². The maximum absolute atomic E-state index is 2.67. The quantitative estimate of drug-likeness (QED) is 0.750. The van der Waals surface area contributed by atoms with Crippen LogP contribution in [0.1, 0.15) is 59.6 Å². The van der Waals surface area contributed by atoms with Crippen molar-refractivity contribution >= 4 is 0 Å².